The molecule has 0 saturated heterocycles. The third-order valence-corrected chi connectivity index (χ3v) is 18.0. The molecule has 0 saturated carbocycles. The summed E-state index contributed by atoms with van der Waals surface area (Å²) in [5, 5.41) is 2.57. The van der Waals surface area contributed by atoms with Gasteiger partial charge in [-0.3, -0.25) is 0 Å². The second kappa shape index (κ2) is 17.0. The fraction of sp³-hybridized carbons (Fsp3) is 0.0270. The number of benzene rings is 12. The molecule has 16 rings (SSSR count). The fourth-order valence-corrected chi connectivity index (χ4v) is 15.1. The van der Waals surface area contributed by atoms with Gasteiger partial charge in [0.1, 0.15) is 0 Å². The maximum atomic E-state index is 2.56. The van der Waals surface area contributed by atoms with Crippen molar-refractivity contribution in [1.82, 2.24) is 0 Å². The fourth-order valence-electron chi connectivity index (χ4n) is 13.9. The summed E-state index contributed by atoms with van der Waals surface area (Å²) >= 11 is 1.87. The van der Waals surface area contributed by atoms with E-state index in [1.807, 2.05) is 11.3 Å². The van der Waals surface area contributed by atoms with Crippen molar-refractivity contribution in [3.8, 4) is 33.4 Å². The van der Waals surface area contributed by atoms with Crippen LogP contribution in [0.3, 0.4) is 0 Å². The van der Waals surface area contributed by atoms with E-state index in [-0.39, 0.29) is 0 Å². The molecular weight excluding hydrogens is 949 g/mol. The molecule has 1 aliphatic heterocycles. The number of thiophene rings is 1. The lowest BCUT2D eigenvalue weighted by Gasteiger charge is -2.44. The number of para-hydroxylation sites is 2. The summed E-state index contributed by atoms with van der Waals surface area (Å²) in [6, 6.07) is 109. The lowest BCUT2D eigenvalue weighted by molar-refractivity contribution is 0.753. The van der Waals surface area contributed by atoms with Gasteiger partial charge in [-0.1, -0.05) is 224 Å². The second-order valence-electron chi connectivity index (χ2n) is 20.7. The minimum absolute atomic E-state index is 0.579. The van der Waals surface area contributed by atoms with Gasteiger partial charge in [0.25, 0.3) is 0 Å². The van der Waals surface area contributed by atoms with E-state index >= 15 is 0 Å². The van der Waals surface area contributed by atoms with Gasteiger partial charge in [0.05, 0.1) is 22.2 Å². The van der Waals surface area contributed by atoms with Crippen LogP contribution in [-0.4, -0.2) is 0 Å². The van der Waals surface area contributed by atoms with E-state index in [0.29, 0.717) is 0 Å². The van der Waals surface area contributed by atoms with Gasteiger partial charge < -0.3 is 9.80 Å². The van der Waals surface area contributed by atoms with Crippen molar-refractivity contribution in [3.63, 3.8) is 0 Å². The minimum atomic E-state index is -0.680. The van der Waals surface area contributed by atoms with Gasteiger partial charge in [-0.25, -0.2) is 0 Å². The zero-order valence-electron chi connectivity index (χ0n) is 42.0. The maximum Gasteiger partial charge on any atom is 0.0755 e. The van der Waals surface area contributed by atoms with Crippen LogP contribution in [0, 0.1) is 0 Å². The van der Waals surface area contributed by atoms with Gasteiger partial charge in [-0.2, -0.15) is 0 Å². The zero-order chi connectivity index (χ0) is 50.7. The largest absolute Gasteiger partial charge is 0.310 e. The number of rotatable bonds is 8. The van der Waals surface area contributed by atoms with Crippen molar-refractivity contribution in [2.24, 2.45) is 0 Å². The van der Waals surface area contributed by atoms with E-state index in [9.17, 15) is 0 Å². The average molecular weight is 997 g/mol. The van der Waals surface area contributed by atoms with E-state index in [0.717, 1.165) is 22.7 Å². The molecular formula is C74H48N2S. The van der Waals surface area contributed by atoms with Crippen molar-refractivity contribution < 1.29 is 0 Å². The molecule has 3 heteroatoms. The Kier molecular flexibility index (Phi) is 9.67. The van der Waals surface area contributed by atoms with E-state index in [1.54, 1.807) is 0 Å². The quantitative estimate of drug-likeness (QED) is 0.150. The van der Waals surface area contributed by atoms with Crippen LogP contribution in [-0.2, 0) is 10.8 Å². The molecule has 1 aromatic heterocycles. The predicted octanol–water partition coefficient (Wildman–Crippen LogP) is 19.7. The monoisotopic (exact) mass is 996 g/mol. The van der Waals surface area contributed by atoms with Crippen molar-refractivity contribution in [3.05, 3.63) is 336 Å². The normalized spacial score (nSPS) is 15.1. The highest BCUT2D eigenvalue weighted by Gasteiger charge is 2.54. The van der Waals surface area contributed by atoms with E-state index in [4.69, 9.17) is 0 Å². The van der Waals surface area contributed by atoms with Gasteiger partial charge in [0.15, 0.2) is 0 Å². The van der Waals surface area contributed by atoms with E-state index in [2.05, 4.69) is 301 Å². The Morgan fingerprint density at radius 3 is 1.58 bits per heavy atom. The Morgan fingerprint density at radius 1 is 0.312 bits per heavy atom. The molecule has 2 aliphatic carbocycles. The smallest absolute Gasteiger partial charge is 0.0755 e. The van der Waals surface area contributed by atoms with E-state index < -0.39 is 10.8 Å². The van der Waals surface area contributed by atoms with Crippen LogP contribution < -0.4 is 9.80 Å². The van der Waals surface area contributed by atoms with Gasteiger partial charge in [-0.05, 0) is 139 Å². The third kappa shape index (κ3) is 6.18. The first-order valence-corrected chi connectivity index (χ1v) is 27.5. The van der Waals surface area contributed by atoms with Crippen molar-refractivity contribution in [1.29, 1.82) is 0 Å². The Bertz CT molecular complexity index is 4410. The van der Waals surface area contributed by atoms with Crippen LogP contribution in [0.5, 0.6) is 0 Å². The second-order valence-corrected chi connectivity index (χ2v) is 21.7. The van der Waals surface area contributed by atoms with Crippen molar-refractivity contribution in [2.45, 2.75) is 10.8 Å². The highest BCUT2D eigenvalue weighted by atomic mass is 32.1. The molecule has 12 aromatic carbocycles. The maximum absolute atomic E-state index is 2.56. The molecule has 0 radical (unpaired) electrons. The van der Waals surface area contributed by atoms with Crippen molar-refractivity contribution >= 4 is 65.6 Å². The minimum Gasteiger partial charge on any atom is -0.310 e. The lowest BCUT2D eigenvalue weighted by Crippen LogP contribution is -2.36. The predicted molar refractivity (Wildman–Crippen MR) is 322 cm³/mol. The summed E-state index contributed by atoms with van der Waals surface area (Å²) in [4.78, 5) is 5.05. The number of hydrogen-bond acceptors (Lipinski definition) is 3. The van der Waals surface area contributed by atoms with Crippen LogP contribution >= 0.6 is 11.3 Å². The molecule has 3 aliphatic rings. The standard InChI is InChI=1S/C74H48N2S/c1-6-23-49(24-7-1)62-45-56(47-66-71(62)61-35-22-39-68-72(61)74(66,52-29-12-4-13-30-52)64-37-19-20-38-67(64)76(68)53-31-14-5-15-32-53)75(55-42-44-60-59-34-17-21-40-69(59)77-70(60)48-55)54-41-43-58-57-33-16-18-36-63(57)73(65(58)46-54,50-25-8-2-9-26-50)51-27-10-3-11-28-51/h1-48H. The molecule has 1 unspecified atom stereocenters. The van der Waals surface area contributed by atoms with Crippen LogP contribution in [0.2, 0.25) is 0 Å². The van der Waals surface area contributed by atoms with Crippen molar-refractivity contribution in [2.75, 3.05) is 9.80 Å². The lowest BCUT2D eigenvalue weighted by atomic mass is 9.64. The molecule has 77 heavy (non-hydrogen) atoms. The molecule has 13 aromatic rings. The number of nitrogens with zero attached hydrogens (tertiary/aromatic N) is 2. The Hall–Kier alpha value is -9.54. The highest BCUT2D eigenvalue weighted by molar-refractivity contribution is 7.25. The molecule has 1 atom stereocenters. The summed E-state index contributed by atoms with van der Waals surface area (Å²) in [6.45, 7) is 0. The zero-order valence-corrected chi connectivity index (χ0v) is 42.8. The number of anilines is 6. The van der Waals surface area contributed by atoms with E-state index in [1.165, 1.54) is 109 Å². The number of hydrogen-bond donors (Lipinski definition) is 0. The summed E-state index contributed by atoms with van der Waals surface area (Å²) in [5.74, 6) is 0. The topological polar surface area (TPSA) is 6.48 Å². The van der Waals surface area contributed by atoms with Gasteiger partial charge in [0, 0.05) is 48.5 Å². The summed E-state index contributed by atoms with van der Waals surface area (Å²) in [5.41, 5.74) is 23.1. The van der Waals surface area contributed by atoms with Crippen LogP contribution in [0.25, 0.3) is 53.6 Å². The van der Waals surface area contributed by atoms with Gasteiger partial charge in [-0.15, -0.1) is 11.3 Å². The molecule has 360 valence electrons. The summed E-state index contributed by atoms with van der Waals surface area (Å²) in [6.07, 6.45) is 0. The van der Waals surface area contributed by atoms with Crippen LogP contribution in [0.15, 0.2) is 291 Å². The molecule has 0 fully saturated rings. The SMILES string of the molecule is c1ccc(-c2cc(N(c3ccc4c(c3)C(c3ccccc3)(c3ccccc3)c3ccccc3-4)c3ccc4c(c3)sc3ccccc34)cc3c2-c2cccc4c2C3(c2ccccc2)c2ccccc2N4c2ccccc2)cc1. The summed E-state index contributed by atoms with van der Waals surface area (Å²) in [7, 11) is 0. The Labute approximate surface area is 452 Å². The Morgan fingerprint density at radius 2 is 0.844 bits per heavy atom. The van der Waals surface area contributed by atoms with Crippen LogP contribution in [0.4, 0.5) is 34.1 Å². The summed E-state index contributed by atoms with van der Waals surface area (Å²) < 4.78 is 2.55. The molecule has 0 amide bonds. The molecule has 2 heterocycles. The Balaban J connectivity index is 1.03. The third-order valence-electron chi connectivity index (χ3n) is 16.9. The first-order valence-electron chi connectivity index (χ1n) is 26.7. The first-order chi connectivity index (χ1) is 38.2. The molecule has 0 bridgehead atoms. The van der Waals surface area contributed by atoms with Gasteiger partial charge >= 0.3 is 0 Å². The molecule has 0 N–H and O–H groups in total. The first kappa shape index (κ1) is 43.8. The number of fused-ring (bicyclic) bond motifs is 11. The molecule has 2 nitrogen and oxygen atoms in total. The van der Waals surface area contributed by atoms with Gasteiger partial charge in [0.2, 0.25) is 0 Å². The molecule has 0 spiro atoms. The average Bonchev–Trinajstić information content (AvgIpc) is 3.87. The van der Waals surface area contributed by atoms with Crippen LogP contribution in [0.1, 0.15) is 44.5 Å². The highest BCUT2D eigenvalue weighted by Crippen LogP contribution is 2.67.